The fourth-order valence-corrected chi connectivity index (χ4v) is 1.48. The van der Waals surface area contributed by atoms with Crippen molar-refractivity contribution in [3.63, 3.8) is 0 Å². The van der Waals surface area contributed by atoms with E-state index in [4.69, 9.17) is 16.6 Å². The largest absolute Gasteiger partial charge is 0.478 e. The van der Waals surface area contributed by atoms with E-state index in [1.165, 1.54) is 35.3 Å². The maximum absolute atomic E-state index is 10.9. The maximum atomic E-state index is 10.9. The summed E-state index contributed by atoms with van der Waals surface area (Å²) in [7, 11) is 0. The number of nitrogens with two attached hydrogens (primary N) is 2. The number of amides is 1. The van der Waals surface area contributed by atoms with Crippen LogP contribution in [0.4, 0.5) is 5.69 Å². The Morgan fingerprint density at radius 2 is 2.06 bits per heavy atom. The number of hydrogen-bond donors (Lipinski definition) is 3. The minimum atomic E-state index is -1.10. The van der Waals surface area contributed by atoms with Gasteiger partial charge in [-0.3, -0.25) is 4.79 Å². The van der Waals surface area contributed by atoms with Crippen molar-refractivity contribution < 1.29 is 14.7 Å². The highest BCUT2D eigenvalue weighted by Crippen LogP contribution is 2.17. The number of nitrogen functional groups attached to an aromatic ring is 1. The lowest BCUT2D eigenvalue weighted by Gasteiger charge is -2.05. The van der Waals surface area contributed by atoms with Crippen LogP contribution in [0.2, 0.25) is 0 Å². The number of rotatable bonds is 3. The standard InChI is InChI=1S/C11H10N4O3/c12-9-3-7(1-2-8(9)11(17)18)15-5-6(4-14-15)10(13)16/h1-5H,12H2,(H2,13,16)(H,17,18). The molecule has 18 heavy (non-hydrogen) atoms. The molecule has 2 aromatic rings. The van der Waals surface area contributed by atoms with E-state index in [1.54, 1.807) is 0 Å². The first-order valence-electron chi connectivity index (χ1n) is 4.96. The van der Waals surface area contributed by atoms with E-state index in [0.29, 0.717) is 5.69 Å². The lowest BCUT2D eigenvalue weighted by atomic mass is 10.1. The Labute approximate surface area is 102 Å². The van der Waals surface area contributed by atoms with Crippen LogP contribution in [-0.2, 0) is 0 Å². The number of nitrogens with zero attached hydrogens (tertiary/aromatic N) is 2. The SMILES string of the molecule is NC(=O)c1cnn(-c2ccc(C(=O)O)c(N)c2)c1. The average molecular weight is 246 g/mol. The van der Waals surface area contributed by atoms with Gasteiger partial charge in [0.05, 0.1) is 23.0 Å². The molecule has 2 rings (SSSR count). The van der Waals surface area contributed by atoms with Crippen molar-refractivity contribution in [1.29, 1.82) is 0 Å². The number of hydrogen-bond acceptors (Lipinski definition) is 4. The van der Waals surface area contributed by atoms with E-state index in [9.17, 15) is 9.59 Å². The zero-order valence-electron chi connectivity index (χ0n) is 9.20. The summed E-state index contributed by atoms with van der Waals surface area (Å²) in [5, 5.41) is 12.8. The number of benzene rings is 1. The summed E-state index contributed by atoms with van der Waals surface area (Å²) in [6.45, 7) is 0. The van der Waals surface area contributed by atoms with Crippen LogP contribution in [0.3, 0.4) is 0 Å². The van der Waals surface area contributed by atoms with Crippen LogP contribution in [0.1, 0.15) is 20.7 Å². The van der Waals surface area contributed by atoms with Gasteiger partial charge >= 0.3 is 5.97 Å². The number of aromatic carboxylic acids is 1. The molecule has 92 valence electrons. The first-order chi connectivity index (χ1) is 8.49. The van der Waals surface area contributed by atoms with Crippen molar-refractivity contribution in [2.75, 3.05) is 5.73 Å². The van der Waals surface area contributed by atoms with Gasteiger partial charge in [0, 0.05) is 11.9 Å². The fraction of sp³-hybridized carbons (Fsp3) is 0. The van der Waals surface area contributed by atoms with Crippen LogP contribution in [0, 0.1) is 0 Å². The number of carboxylic acid groups (broad SMARTS) is 1. The predicted molar refractivity (Wildman–Crippen MR) is 63.5 cm³/mol. The van der Waals surface area contributed by atoms with Gasteiger partial charge in [0.15, 0.2) is 0 Å². The van der Waals surface area contributed by atoms with Gasteiger partial charge in [-0.05, 0) is 18.2 Å². The van der Waals surface area contributed by atoms with E-state index in [0.717, 1.165) is 0 Å². The molecular formula is C11H10N4O3. The van der Waals surface area contributed by atoms with Crippen LogP contribution in [-0.4, -0.2) is 26.8 Å². The predicted octanol–water partition coefficient (Wildman–Crippen LogP) is 0.252. The molecule has 0 spiro atoms. The second-order valence-corrected chi connectivity index (χ2v) is 3.61. The van der Waals surface area contributed by atoms with Gasteiger partial charge in [0.25, 0.3) is 5.91 Å². The van der Waals surface area contributed by atoms with E-state index < -0.39 is 11.9 Å². The van der Waals surface area contributed by atoms with Crippen LogP contribution in [0.15, 0.2) is 30.6 Å². The molecule has 1 amide bonds. The molecule has 0 saturated carbocycles. The smallest absolute Gasteiger partial charge is 0.337 e. The van der Waals surface area contributed by atoms with Crippen LogP contribution in [0.5, 0.6) is 0 Å². The van der Waals surface area contributed by atoms with Crippen LogP contribution >= 0.6 is 0 Å². The lowest BCUT2D eigenvalue weighted by Crippen LogP contribution is -2.09. The number of carboxylic acids is 1. The minimum absolute atomic E-state index is 0.0148. The van der Waals surface area contributed by atoms with Crippen molar-refractivity contribution in [1.82, 2.24) is 9.78 Å². The lowest BCUT2D eigenvalue weighted by molar-refractivity contribution is 0.0698. The minimum Gasteiger partial charge on any atom is -0.478 e. The van der Waals surface area contributed by atoms with E-state index in [1.807, 2.05) is 0 Å². The second kappa shape index (κ2) is 4.21. The Hall–Kier alpha value is -2.83. The molecule has 1 aromatic carbocycles. The molecular weight excluding hydrogens is 236 g/mol. The second-order valence-electron chi connectivity index (χ2n) is 3.61. The van der Waals surface area contributed by atoms with Gasteiger partial charge in [-0.2, -0.15) is 5.10 Å². The van der Waals surface area contributed by atoms with Gasteiger partial charge in [0.1, 0.15) is 0 Å². The van der Waals surface area contributed by atoms with Crippen LogP contribution in [0.25, 0.3) is 5.69 Å². The highest BCUT2D eigenvalue weighted by atomic mass is 16.4. The van der Waals surface area contributed by atoms with Gasteiger partial charge in [0.2, 0.25) is 0 Å². The molecule has 0 aliphatic rings. The Morgan fingerprint density at radius 1 is 1.33 bits per heavy atom. The highest BCUT2D eigenvalue weighted by Gasteiger charge is 2.10. The Bertz CT molecular complexity index is 633. The molecule has 0 bridgehead atoms. The first kappa shape index (κ1) is 11.6. The number of anilines is 1. The molecule has 5 N–H and O–H groups in total. The van der Waals surface area contributed by atoms with E-state index in [2.05, 4.69) is 5.10 Å². The molecule has 0 unspecified atom stereocenters. The Morgan fingerprint density at radius 3 is 2.56 bits per heavy atom. The molecule has 0 radical (unpaired) electrons. The molecule has 0 atom stereocenters. The summed E-state index contributed by atoms with van der Waals surface area (Å²) in [6.07, 6.45) is 2.77. The maximum Gasteiger partial charge on any atom is 0.337 e. The quantitative estimate of drug-likeness (QED) is 0.669. The van der Waals surface area contributed by atoms with E-state index >= 15 is 0 Å². The monoisotopic (exact) mass is 246 g/mol. The molecule has 1 aromatic heterocycles. The van der Waals surface area contributed by atoms with Gasteiger partial charge in [-0.1, -0.05) is 0 Å². The first-order valence-corrected chi connectivity index (χ1v) is 4.96. The average Bonchev–Trinajstić information content (AvgIpc) is 2.77. The fourth-order valence-electron chi connectivity index (χ4n) is 1.48. The Balaban J connectivity index is 2.42. The molecule has 0 aliphatic heterocycles. The third-order valence-corrected chi connectivity index (χ3v) is 2.40. The van der Waals surface area contributed by atoms with E-state index in [-0.39, 0.29) is 16.8 Å². The number of primary amides is 1. The number of carbonyl (C=O) groups is 2. The normalized spacial score (nSPS) is 10.2. The molecule has 7 heteroatoms. The van der Waals surface area contributed by atoms with Crippen molar-refractivity contribution >= 4 is 17.6 Å². The number of carbonyl (C=O) groups excluding carboxylic acids is 1. The molecule has 1 heterocycles. The zero-order valence-corrected chi connectivity index (χ0v) is 9.20. The number of aromatic nitrogens is 2. The van der Waals surface area contributed by atoms with Crippen molar-refractivity contribution in [3.05, 3.63) is 41.7 Å². The van der Waals surface area contributed by atoms with Gasteiger partial charge < -0.3 is 16.6 Å². The molecule has 0 aliphatic carbocycles. The van der Waals surface area contributed by atoms with Crippen molar-refractivity contribution in [3.8, 4) is 5.69 Å². The summed E-state index contributed by atoms with van der Waals surface area (Å²) in [4.78, 5) is 21.7. The van der Waals surface area contributed by atoms with Gasteiger partial charge in [-0.15, -0.1) is 0 Å². The third kappa shape index (κ3) is 2.01. The topological polar surface area (TPSA) is 124 Å². The molecule has 0 fully saturated rings. The molecule has 7 nitrogen and oxygen atoms in total. The summed E-state index contributed by atoms with van der Waals surface area (Å²) >= 11 is 0. The molecule has 0 saturated heterocycles. The summed E-state index contributed by atoms with van der Waals surface area (Å²) in [5.41, 5.74) is 11.7. The summed E-state index contributed by atoms with van der Waals surface area (Å²) in [5.74, 6) is -1.69. The van der Waals surface area contributed by atoms with Crippen molar-refractivity contribution in [2.45, 2.75) is 0 Å². The highest BCUT2D eigenvalue weighted by molar-refractivity contribution is 5.94. The van der Waals surface area contributed by atoms with Crippen LogP contribution < -0.4 is 11.5 Å². The Kier molecular flexibility index (Phi) is 2.72. The third-order valence-electron chi connectivity index (χ3n) is 2.40. The summed E-state index contributed by atoms with van der Waals surface area (Å²) < 4.78 is 1.39. The van der Waals surface area contributed by atoms with Crippen molar-refractivity contribution in [2.24, 2.45) is 5.73 Å². The zero-order chi connectivity index (χ0) is 13.3. The van der Waals surface area contributed by atoms with Gasteiger partial charge in [-0.25, -0.2) is 9.48 Å². The summed E-state index contributed by atoms with van der Waals surface area (Å²) in [6, 6.07) is 4.37.